The molecule has 0 bridgehead atoms. The Balaban J connectivity index is 2.07. The van der Waals surface area contributed by atoms with E-state index in [0.717, 1.165) is 0 Å². The Morgan fingerprint density at radius 1 is 0.823 bits per heavy atom. The summed E-state index contributed by atoms with van der Waals surface area (Å²) in [6.07, 6.45) is -5.13. The first kappa shape index (κ1) is 52.6. The number of hydrogen-bond donors (Lipinski definition) is 1. The molecule has 18 heteroatoms. The van der Waals surface area contributed by atoms with Crippen molar-refractivity contribution in [3.63, 3.8) is 0 Å². The average molecular weight is 884 g/mol. The number of rotatable bonds is 14. The van der Waals surface area contributed by atoms with Gasteiger partial charge in [0.15, 0.2) is 18.7 Å². The molecule has 0 spiro atoms. The van der Waals surface area contributed by atoms with Gasteiger partial charge < -0.3 is 62.2 Å². The molecule has 0 amide bonds. The second-order valence-corrected chi connectivity index (χ2v) is 16.4. The molecule has 3 rings (SSSR count). The molecular formula is C44H69NO17. The Labute approximate surface area is 365 Å². The maximum absolute atomic E-state index is 13.4. The van der Waals surface area contributed by atoms with Crippen LogP contribution in [0, 0.1) is 11.8 Å². The van der Waals surface area contributed by atoms with Crippen LogP contribution in [0.25, 0.3) is 0 Å². The summed E-state index contributed by atoms with van der Waals surface area (Å²) in [5, 5.41) is 12.2. The minimum Gasteiger partial charge on any atom is -0.462 e. The molecule has 0 radical (unpaired) electrons. The number of carbonyl (C=O) groups excluding carboxylic acids is 6. The zero-order valence-electron chi connectivity index (χ0n) is 38.0. The number of aliphatic hydroxyl groups is 1. The van der Waals surface area contributed by atoms with Crippen molar-refractivity contribution in [1.82, 2.24) is 4.90 Å². The molecular weight excluding hydrogens is 814 g/mol. The average Bonchev–Trinajstić information content (AvgIpc) is 3.18. The van der Waals surface area contributed by atoms with E-state index < -0.39 is 134 Å². The summed E-state index contributed by atoms with van der Waals surface area (Å²) in [6.45, 7) is 12.8. The van der Waals surface area contributed by atoms with E-state index in [2.05, 4.69) is 0 Å². The number of carbonyl (C=O) groups is 6. The first-order valence-electron chi connectivity index (χ1n) is 21.5. The van der Waals surface area contributed by atoms with Crippen molar-refractivity contribution in [3.8, 4) is 0 Å². The van der Waals surface area contributed by atoms with Gasteiger partial charge in [0, 0.05) is 53.1 Å². The number of nitrogens with zero attached hydrogens (tertiary/aromatic N) is 1. The molecule has 0 saturated carbocycles. The van der Waals surface area contributed by atoms with Gasteiger partial charge in [0.2, 0.25) is 0 Å². The Hall–Kier alpha value is -3.78. The van der Waals surface area contributed by atoms with E-state index in [0.29, 0.717) is 12.7 Å². The van der Waals surface area contributed by atoms with Gasteiger partial charge in [-0.3, -0.25) is 24.0 Å². The highest BCUT2D eigenvalue weighted by Gasteiger charge is 2.51. The highest BCUT2D eigenvalue weighted by Crippen LogP contribution is 2.36. The van der Waals surface area contributed by atoms with Crippen molar-refractivity contribution < 1.29 is 81.2 Å². The van der Waals surface area contributed by atoms with Gasteiger partial charge in [0.1, 0.15) is 49.0 Å². The first-order valence-corrected chi connectivity index (χ1v) is 21.5. The molecule has 2 saturated heterocycles. The van der Waals surface area contributed by atoms with Crippen LogP contribution in [-0.4, -0.2) is 153 Å². The second kappa shape index (κ2) is 25.5. The van der Waals surface area contributed by atoms with Gasteiger partial charge in [0.25, 0.3) is 0 Å². The summed E-state index contributed by atoms with van der Waals surface area (Å²) in [5.74, 6) is -4.03. The molecule has 3 aliphatic rings. The van der Waals surface area contributed by atoms with Crippen molar-refractivity contribution in [2.75, 3.05) is 21.2 Å². The van der Waals surface area contributed by atoms with Crippen LogP contribution in [0.1, 0.15) is 100 Å². The van der Waals surface area contributed by atoms with E-state index >= 15 is 0 Å². The molecule has 18 nitrogen and oxygen atoms in total. The number of esters is 5. The summed E-state index contributed by atoms with van der Waals surface area (Å²) in [6, 6.07) is -0.821. The molecule has 0 aromatic carbocycles. The Bertz CT molecular complexity index is 1540. The minimum atomic E-state index is -1.44. The van der Waals surface area contributed by atoms with Crippen molar-refractivity contribution in [3.05, 3.63) is 24.3 Å². The Morgan fingerprint density at radius 2 is 1.47 bits per heavy atom. The monoisotopic (exact) mass is 883 g/mol. The predicted molar refractivity (Wildman–Crippen MR) is 220 cm³/mol. The molecule has 62 heavy (non-hydrogen) atoms. The van der Waals surface area contributed by atoms with Crippen LogP contribution in [-0.2, 0) is 76.1 Å². The van der Waals surface area contributed by atoms with Gasteiger partial charge in [-0.25, -0.2) is 0 Å². The maximum Gasteiger partial charge on any atom is 0.309 e. The van der Waals surface area contributed by atoms with Gasteiger partial charge in [-0.15, -0.1) is 0 Å². The minimum absolute atomic E-state index is 0.00696. The molecule has 0 aromatic rings. The van der Waals surface area contributed by atoms with E-state index in [1.807, 2.05) is 6.92 Å². The maximum atomic E-state index is 13.4. The highest BCUT2D eigenvalue weighted by molar-refractivity contribution is 5.73. The third kappa shape index (κ3) is 15.5. The molecule has 3 aliphatic heterocycles. The summed E-state index contributed by atoms with van der Waals surface area (Å²) in [7, 11) is 4.82. The summed E-state index contributed by atoms with van der Waals surface area (Å²) in [5.41, 5.74) is 0. The number of ether oxygens (including phenoxy) is 10. The molecule has 3 heterocycles. The van der Waals surface area contributed by atoms with Crippen molar-refractivity contribution in [2.24, 2.45) is 11.8 Å². The summed E-state index contributed by atoms with van der Waals surface area (Å²) in [4.78, 5) is 77.2. The zero-order chi connectivity index (χ0) is 46.3. The van der Waals surface area contributed by atoms with Crippen LogP contribution >= 0.6 is 0 Å². The third-order valence-corrected chi connectivity index (χ3v) is 11.1. The zero-order valence-corrected chi connectivity index (χ0v) is 38.0. The number of aliphatic hydroxyl groups excluding tert-OH is 1. The van der Waals surface area contributed by atoms with E-state index in [1.165, 1.54) is 21.0 Å². The number of likely N-dealkylation sites (N-methyl/N-ethyl adjacent to an activating group) is 1. The van der Waals surface area contributed by atoms with Gasteiger partial charge in [0.05, 0.1) is 30.8 Å². The smallest absolute Gasteiger partial charge is 0.309 e. The lowest BCUT2D eigenvalue weighted by atomic mass is 9.82. The first-order chi connectivity index (χ1) is 29.3. The van der Waals surface area contributed by atoms with E-state index in [4.69, 9.17) is 47.4 Å². The van der Waals surface area contributed by atoms with Gasteiger partial charge >= 0.3 is 29.8 Å². The molecule has 16 atom stereocenters. The fourth-order valence-electron chi connectivity index (χ4n) is 8.13. The van der Waals surface area contributed by atoms with Crippen molar-refractivity contribution >= 4 is 36.1 Å². The van der Waals surface area contributed by atoms with E-state index in [-0.39, 0.29) is 32.1 Å². The van der Waals surface area contributed by atoms with Crippen LogP contribution < -0.4 is 0 Å². The fraction of sp³-hybridized carbons (Fsp3) is 0.773. The Kier molecular flexibility index (Phi) is 21.6. The predicted octanol–water partition coefficient (Wildman–Crippen LogP) is 3.52. The topological polar surface area (TPSA) is 218 Å². The van der Waals surface area contributed by atoms with Gasteiger partial charge in [-0.1, -0.05) is 39.0 Å². The fourth-order valence-corrected chi connectivity index (χ4v) is 8.13. The Morgan fingerprint density at radius 3 is 2.06 bits per heavy atom. The standard InChI is InChI=1S/C44H69NO17/c1-12-34(49)59-32-22-36(51)54-25(4)17-15-14-16-18-31(57-28(7)47)24(3)21-30(19-20-46)42(43(32)53-11)62-44-39(52)38(45(9)10)41(27(6)56-44)61-37-23-33(58-29(8)48)40(26(5)55-37)60-35(50)13-2/h14-16,18,20,24-27,30-33,37-44,52H,12-13,17,19,21-23H2,1-11H3. The summed E-state index contributed by atoms with van der Waals surface area (Å²) < 4.78 is 60.2. The van der Waals surface area contributed by atoms with Crippen LogP contribution in [0.4, 0.5) is 0 Å². The number of cyclic esters (lactones) is 1. The number of hydrogen-bond acceptors (Lipinski definition) is 18. The lowest BCUT2D eigenvalue weighted by Gasteiger charge is -2.49. The SMILES string of the molecule is CCC(=O)OC1CC(=O)OC(C)CC=CC=CC(OC(C)=O)C(C)CC(CC=O)C(OC2OC(C)C(OC3CC(OC(C)=O)C(OC(=O)CC)C(C)O3)C(N(C)C)C2O)C1OC. The van der Waals surface area contributed by atoms with Crippen LogP contribution in [0.2, 0.25) is 0 Å². The van der Waals surface area contributed by atoms with Gasteiger partial charge in [-0.05, 0) is 59.2 Å². The number of methoxy groups -OCH3 is 1. The molecule has 1 N–H and O–H groups in total. The van der Waals surface area contributed by atoms with Crippen LogP contribution in [0.5, 0.6) is 0 Å². The lowest BCUT2D eigenvalue weighted by Crippen LogP contribution is -2.65. The number of allylic oxidation sites excluding steroid dienone is 2. The molecule has 0 aromatic heterocycles. The van der Waals surface area contributed by atoms with Crippen molar-refractivity contribution in [1.29, 1.82) is 0 Å². The molecule has 2 fully saturated rings. The van der Waals surface area contributed by atoms with Crippen LogP contribution in [0.3, 0.4) is 0 Å². The molecule has 352 valence electrons. The van der Waals surface area contributed by atoms with E-state index in [9.17, 15) is 33.9 Å². The third-order valence-electron chi connectivity index (χ3n) is 11.1. The molecule has 16 unspecified atom stereocenters. The van der Waals surface area contributed by atoms with Crippen LogP contribution in [0.15, 0.2) is 24.3 Å². The second-order valence-electron chi connectivity index (χ2n) is 16.4. The quantitative estimate of drug-likeness (QED) is 0.150. The highest BCUT2D eigenvalue weighted by atomic mass is 16.7. The lowest BCUT2D eigenvalue weighted by molar-refractivity contribution is -0.339. The van der Waals surface area contributed by atoms with E-state index in [1.54, 1.807) is 77.9 Å². The van der Waals surface area contributed by atoms with Gasteiger partial charge in [-0.2, -0.15) is 0 Å². The number of aldehydes is 1. The summed E-state index contributed by atoms with van der Waals surface area (Å²) >= 11 is 0. The molecule has 0 aliphatic carbocycles. The largest absolute Gasteiger partial charge is 0.462 e. The van der Waals surface area contributed by atoms with Crippen molar-refractivity contribution in [2.45, 2.75) is 186 Å². The normalized spacial score (nSPS) is 36.2.